The summed E-state index contributed by atoms with van der Waals surface area (Å²) in [5.41, 5.74) is 0.992. The fraction of sp³-hybridized carbons (Fsp3) is 0.647. The molecule has 0 radical (unpaired) electrons. The smallest absolute Gasteiger partial charge is 0.128 e. The van der Waals surface area contributed by atoms with E-state index in [9.17, 15) is 5.21 Å². The molecular formula is C17H26N4O. The summed E-state index contributed by atoms with van der Waals surface area (Å²) in [5, 5.41) is 13.0. The van der Waals surface area contributed by atoms with Gasteiger partial charge in [0.2, 0.25) is 0 Å². The minimum Gasteiger partial charge on any atom is -0.411 e. The van der Waals surface area contributed by atoms with Crippen LogP contribution in [0.1, 0.15) is 38.5 Å². The second kappa shape index (κ2) is 7.58. The number of nitrogens with zero attached hydrogens (tertiary/aromatic N) is 4. The fourth-order valence-electron chi connectivity index (χ4n) is 3.64. The monoisotopic (exact) mass is 302 g/mol. The Kier molecular flexibility index (Phi) is 5.27. The molecule has 0 aromatic carbocycles. The summed E-state index contributed by atoms with van der Waals surface area (Å²) in [6.45, 7) is 4.01. The number of hydrogen-bond donors (Lipinski definition) is 1. The van der Waals surface area contributed by atoms with Crippen molar-refractivity contribution in [3.8, 4) is 0 Å². The second-order valence-electron chi connectivity index (χ2n) is 6.27. The van der Waals surface area contributed by atoms with Crippen LogP contribution in [-0.4, -0.2) is 53.0 Å². The van der Waals surface area contributed by atoms with E-state index < -0.39 is 0 Å². The average Bonchev–Trinajstić information content (AvgIpc) is 2.56. The van der Waals surface area contributed by atoms with Crippen molar-refractivity contribution in [2.24, 2.45) is 5.16 Å². The van der Waals surface area contributed by atoms with Gasteiger partial charge in [0, 0.05) is 32.4 Å². The van der Waals surface area contributed by atoms with Gasteiger partial charge in [-0.2, -0.15) is 0 Å². The van der Waals surface area contributed by atoms with Crippen molar-refractivity contribution in [2.75, 3.05) is 31.1 Å². The number of rotatable bonds is 2. The molecule has 1 aromatic heterocycles. The molecule has 2 fully saturated rings. The molecule has 0 spiro atoms. The van der Waals surface area contributed by atoms with E-state index in [1.54, 1.807) is 0 Å². The van der Waals surface area contributed by atoms with Gasteiger partial charge in [-0.05, 0) is 31.4 Å². The molecule has 2 aliphatic rings. The highest BCUT2D eigenvalue weighted by Gasteiger charge is 2.28. The molecule has 2 heterocycles. The summed E-state index contributed by atoms with van der Waals surface area (Å²) in [4.78, 5) is 9.28. The molecule has 1 saturated carbocycles. The molecule has 1 aliphatic carbocycles. The lowest BCUT2D eigenvalue weighted by atomic mass is 9.93. The van der Waals surface area contributed by atoms with Crippen LogP contribution in [0.4, 0.5) is 5.82 Å². The van der Waals surface area contributed by atoms with Crippen LogP contribution in [0.2, 0.25) is 0 Å². The second-order valence-corrected chi connectivity index (χ2v) is 6.27. The van der Waals surface area contributed by atoms with Crippen LogP contribution < -0.4 is 4.90 Å². The van der Waals surface area contributed by atoms with Gasteiger partial charge in [0.1, 0.15) is 5.82 Å². The topological polar surface area (TPSA) is 52.0 Å². The highest BCUT2D eigenvalue weighted by molar-refractivity contribution is 5.89. The van der Waals surface area contributed by atoms with Crippen molar-refractivity contribution in [3.63, 3.8) is 0 Å². The van der Waals surface area contributed by atoms with E-state index >= 15 is 0 Å². The van der Waals surface area contributed by atoms with Crippen LogP contribution in [0.25, 0.3) is 0 Å². The first kappa shape index (κ1) is 15.3. The first-order valence-corrected chi connectivity index (χ1v) is 8.49. The zero-order valence-corrected chi connectivity index (χ0v) is 13.2. The van der Waals surface area contributed by atoms with Crippen molar-refractivity contribution in [2.45, 2.75) is 44.6 Å². The molecule has 120 valence electrons. The number of piperazine rings is 1. The Labute approximate surface area is 132 Å². The van der Waals surface area contributed by atoms with Gasteiger partial charge >= 0.3 is 0 Å². The van der Waals surface area contributed by atoms with E-state index in [1.165, 1.54) is 19.3 Å². The van der Waals surface area contributed by atoms with E-state index in [-0.39, 0.29) is 0 Å². The largest absolute Gasteiger partial charge is 0.411 e. The zero-order valence-electron chi connectivity index (χ0n) is 13.2. The van der Waals surface area contributed by atoms with Gasteiger partial charge < -0.3 is 10.1 Å². The van der Waals surface area contributed by atoms with Crippen LogP contribution in [0.3, 0.4) is 0 Å². The van der Waals surface area contributed by atoms with Gasteiger partial charge in [-0.3, -0.25) is 4.90 Å². The maximum absolute atomic E-state index is 9.38. The first-order valence-electron chi connectivity index (χ1n) is 8.49. The lowest BCUT2D eigenvalue weighted by Gasteiger charge is -2.40. The van der Waals surface area contributed by atoms with Crippen LogP contribution in [-0.2, 0) is 0 Å². The number of aromatic nitrogens is 1. The molecule has 22 heavy (non-hydrogen) atoms. The first-order chi connectivity index (χ1) is 10.9. The highest BCUT2D eigenvalue weighted by atomic mass is 16.4. The van der Waals surface area contributed by atoms with Crippen molar-refractivity contribution in [1.82, 2.24) is 9.88 Å². The maximum Gasteiger partial charge on any atom is 0.128 e. The highest BCUT2D eigenvalue weighted by Crippen LogP contribution is 2.22. The summed E-state index contributed by atoms with van der Waals surface area (Å²) in [6, 6.07) is 6.40. The Morgan fingerprint density at radius 2 is 1.86 bits per heavy atom. The van der Waals surface area contributed by atoms with Gasteiger partial charge in [-0.1, -0.05) is 30.5 Å². The third-order valence-electron chi connectivity index (χ3n) is 4.90. The Morgan fingerprint density at radius 1 is 1.05 bits per heavy atom. The van der Waals surface area contributed by atoms with E-state index in [2.05, 4.69) is 26.0 Å². The Balaban J connectivity index is 1.61. The molecule has 1 unspecified atom stereocenters. The van der Waals surface area contributed by atoms with Crippen molar-refractivity contribution < 1.29 is 5.21 Å². The number of anilines is 1. The van der Waals surface area contributed by atoms with Crippen LogP contribution in [0.5, 0.6) is 0 Å². The van der Waals surface area contributed by atoms with Crippen molar-refractivity contribution in [3.05, 3.63) is 24.4 Å². The van der Waals surface area contributed by atoms with Crippen molar-refractivity contribution >= 4 is 11.5 Å². The molecule has 5 nitrogen and oxygen atoms in total. The zero-order chi connectivity index (χ0) is 15.2. The standard InChI is InChI=1S/C17H26N4O/c22-19-15-7-3-1-2-4-8-16(15)20-11-13-21(14-12-20)17-9-5-6-10-18-17/h5-6,9-10,16,22H,1-4,7-8,11-14H2. The van der Waals surface area contributed by atoms with E-state index in [1.807, 2.05) is 18.3 Å². The number of oxime groups is 1. The normalized spacial score (nSPS) is 26.6. The van der Waals surface area contributed by atoms with E-state index in [4.69, 9.17) is 0 Å². The molecule has 1 saturated heterocycles. The van der Waals surface area contributed by atoms with Gasteiger partial charge in [0.15, 0.2) is 0 Å². The number of pyridine rings is 1. The molecule has 1 N–H and O–H groups in total. The predicted octanol–water partition coefficient (Wildman–Crippen LogP) is 2.76. The van der Waals surface area contributed by atoms with Crippen LogP contribution in [0.15, 0.2) is 29.6 Å². The predicted molar refractivity (Wildman–Crippen MR) is 88.7 cm³/mol. The summed E-state index contributed by atoms with van der Waals surface area (Å²) in [7, 11) is 0. The molecule has 0 bridgehead atoms. The third kappa shape index (κ3) is 3.58. The van der Waals surface area contributed by atoms with Gasteiger partial charge in [-0.25, -0.2) is 4.98 Å². The summed E-state index contributed by atoms with van der Waals surface area (Å²) < 4.78 is 0. The van der Waals surface area contributed by atoms with E-state index in [0.29, 0.717) is 6.04 Å². The van der Waals surface area contributed by atoms with Crippen LogP contribution >= 0.6 is 0 Å². The average molecular weight is 302 g/mol. The Morgan fingerprint density at radius 3 is 2.59 bits per heavy atom. The Hall–Kier alpha value is -1.62. The molecule has 1 aromatic rings. The lowest BCUT2D eigenvalue weighted by molar-refractivity contribution is 0.205. The van der Waals surface area contributed by atoms with Gasteiger partial charge in [0.25, 0.3) is 0 Å². The Bertz CT molecular complexity index is 483. The molecular weight excluding hydrogens is 276 g/mol. The van der Waals surface area contributed by atoms with E-state index in [0.717, 1.165) is 57.0 Å². The molecule has 1 aliphatic heterocycles. The maximum atomic E-state index is 9.38. The van der Waals surface area contributed by atoms with Crippen LogP contribution in [0, 0.1) is 0 Å². The SMILES string of the molecule is ON=C1CCCCCCC1N1CCN(c2ccccn2)CC1. The van der Waals surface area contributed by atoms with Crippen molar-refractivity contribution in [1.29, 1.82) is 0 Å². The fourth-order valence-corrected chi connectivity index (χ4v) is 3.64. The van der Waals surface area contributed by atoms with Gasteiger partial charge in [0.05, 0.1) is 11.8 Å². The minimum atomic E-state index is 0.330. The summed E-state index contributed by atoms with van der Waals surface area (Å²) in [6.07, 6.45) is 8.90. The number of hydrogen-bond acceptors (Lipinski definition) is 5. The molecule has 3 rings (SSSR count). The minimum absolute atomic E-state index is 0.330. The summed E-state index contributed by atoms with van der Waals surface area (Å²) in [5.74, 6) is 1.07. The molecule has 0 amide bonds. The lowest BCUT2D eigenvalue weighted by Crippen LogP contribution is -2.53. The summed E-state index contributed by atoms with van der Waals surface area (Å²) >= 11 is 0. The quantitative estimate of drug-likeness (QED) is 0.674. The molecule has 1 atom stereocenters. The third-order valence-corrected chi connectivity index (χ3v) is 4.90. The van der Waals surface area contributed by atoms with Gasteiger partial charge in [-0.15, -0.1) is 0 Å². The molecule has 5 heteroatoms.